The van der Waals surface area contributed by atoms with Crippen LogP contribution in [-0.4, -0.2) is 23.1 Å². The summed E-state index contributed by atoms with van der Waals surface area (Å²) in [5, 5.41) is 16.1. The smallest absolute Gasteiger partial charge is 0.329 e. The first-order chi connectivity index (χ1) is 11.0. The lowest BCUT2D eigenvalue weighted by molar-refractivity contribution is -0.136. The van der Waals surface area contributed by atoms with Gasteiger partial charge in [0.05, 0.1) is 6.21 Å². The third-order valence-corrected chi connectivity index (χ3v) is 3.08. The number of nitrogens with one attached hydrogen (secondary N) is 2. The summed E-state index contributed by atoms with van der Waals surface area (Å²) in [6.07, 6.45) is 1.19. The minimum Gasteiger partial charge on any atom is -0.507 e. The number of aromatic hydroxyl groups is 1. The van der Waals surface area contributed by atoms with Crippen LogP contribution in [0.2, 0.25) is 5.02 Å². The topological polar surface area (TPSA) is 90.8 Å². The molecular formula is C16H14ClN3O3. The molecule has 118 valence electrons. The van der Waals surface area contributed by atoms with E-state index in [1.54, 1.807) is 18.2 Å². The molecule has 2 aromatic rings. The van der Waals surface area contributed by atoms with E-state index in [-0.39, 0.29) is 5.75 Å². The van der Waals surface area contributed by atoms with Gasteiger partial charge in [-0.2, -0.15) is 5.10 Å². The Morgan fingerprint density at radius 2 is 1.96 bits per heavy atom. The number of carbonyl (C=O) groups excluding carboxylic acids is 2. The maximum absolute atomic E-state index is 11.7. The van der Waals surface area contributed by atoms with E-state index >= 15 is 0 Å². The average molecular weight is 332 g/mol. The van der Waals surface area contributed by atoms with E-state index in [0.29, 0.717) is 16.3 Å². The third-order valence-electron chi connectivity index (χ3n) is 2.84. The van der Waals surface area contributed by atoms with Crippen LogP contribution in [0.5, 0.6) is 5.75 Å². The molecule has 0 fully saturated rings. The number of anilines is 1. The second kappa shape index (κ2) is 7.42. The van der Waals surface area contributed by atoms with Crippen molar-refractivity contribution >= 4 is 35.3 Å². The fourth-order valence-corrected chi connectivity index (χ4v) is 1.93. The molecule has 0 heterocycles. The van der Waals surface area contributed by atoms with Crippen molar-refractivity contribution in [1.82, 2.24) is 5.43 Å². The number of halogens is 1. The van der Waals surface area contributed by atoms with Gasteiger partial charge in [0.2, 0.25) is 0 Å². The lowest BCUT2D eigenvalue weighted by Crippen LogP contribution is -2.32. The summed E-state index contributed by atoms with van der Waals surface area (Å²) in [7, 11) is 0. The van der Waals surface area contributed by atoms with Gasteiger partial charge in [0.1, 0.15) is 5.75 Å². The van der Waals surface area contributed by atoms with E-state index in [1.807, 2.05) is 13.0 Å². The zero-order chi connectivity index (χ0) is 16.8. The molecular weight excluding hydrogens is 318 g/mol. The number of phenols is 1. The van der Waals surface area contributed by atoms with Gasteiger partial charge in [-0.25, -0.2) is 5.43 Å². The number of hydrogen-bond acceptors (Lipinski definition) is 4. The molecule has 0 aliphatic carbocycles. The molecule has 2 aromatic carbocycles. The van der Waals surface area contributed by atoms with Gasteiger partial charge in [0, 0.05) is 16.3 Å². The van der Waals surface area contributed by atoms with Crippen molar-refractivity contribution in [2.24, 2.45) is 5.10 Å². The van der Waals surface area contributed by atoms with Gasteiger partial charge < -0.3 is 10.4 Å². The largest absolute Gasteiger partial charge is 0.507 e. The Hall–Kier alpha value is -2.86. The number of hydrogen-bond donors (Lipinski definition) is 3. The Balaban J connectivity index is 1.95. The highest BCUT2D eigenvalue weighted by atomic mass is 35.5. The number of carbonyl (C=O) groups is 2. The molecule has 2 amide bonds. The molecule has 7 heteroatoms. The number of hydrazone groups is 1. The molecule has 0 atom stereocenters. The van der Waals surface area contributed by atoms with E-state index < -0.39 is 11.8 Å². The van der Waals surface area contributed by atoms with Crippen LogP contribution in [0.3, 0.4) is 0 Å². The van der Waals surface area contributed by atoms with E-state index in [2.05, 4.69) is 15.8 Å². The Bertz CT molecular complexity index is 775. The van der Waals surface area contributed by atoms with Crippen LogP contribution in [0, 0.1) is 6.92 Å². The summed E-state index contributed by atoms with van der Waals surface area (Å²) < 4.78 is 0. The summed E-state index contributed by atoms with van der Waals surface area (Å²) in [4.78, 5) is 23.4. The summed E-state index contributed by atoms with van der Waals surface area (Å²) in [5.41, 5.74) is 3.86. The zero-order valence-corrected chi connectivity index (χ0v) is 13.0. The van der Waals surface area contributed by atoms with E-state index in [1.165, 1.54) is 24.4 Å². The molecule has 0 aromatic heterocycles. The molecule has 0 bridgehead atoms. The van der Waals surface area contributed by atoms with Crippen molar-refractivity contribution in [1.29, 1.82) is 0 Å². The summed E-state index contributed by atoms with van der Waals surface area (Å²) >= 11 is 5.79. The van der Waals surface area contributed by atoms with Gasteiger partial charge in [-0.05, 0) is 42.8 Å². The van der Waals surface area contributed by atoms with Crippen molar-refractivity contribution in [3.8, 4) is 5.75 Å². The molecule has 3 N–H and O–H groups in total. The standard InChI is InChI=1S/C16H14ClN3O3/c1-10-3-2-4-13(7-10)19-15(22)16(23)20-18-9-11-8-12(17)5-6-14(11)21/h2-9,21H,1H3,(H,19,22)(H,20,23). The highest BCUT2D eigenvalue weighted by Crippen LogP contribution is 2.19. The molecule has 0 aliphatic heterocycles. The van der Waals surface area contributed by atoms with Crippen LogP contribution < -0.4 is 10.7 Å². The minimum absolute atomic E-state index is 0.0448. The van der Waals surface area contributed by atoms with E-state index in [0.717, 1.165) is 5.56 Å². The predicted molar refractivity (Wildman–Crippen MR) is 88.7 cm³/mol. The summed E-state index contributed by atoms with van der Waals surface area (Å²) in [6.45, 7) is 1.87. The van der Waals surface area contributed by atoms with Crippen LogP contribution in [0.15, 0.2) is 47.6 Å². The maximum atomic E-state index is 11.7. The molecule has 0 spiro atoms. The van der Waals surface area contributed by atoms with Gasteiger partial charge in [-0.1, -0.05) is 23.7 Å². The van der Waals surface area contributed by atoms with Crippen LogP contribution in [-0.2, 0) is 9.59 Å². The summed E-state index contributed by atoms with van der Waals surface area (Å²) in [5.74, 6) is -1.82. The Labute approximate surface area is 137 Å². The Morgan fingerprint density at radius 1 is 1.17 bits per heavy atom. The molecule has 6 nitrogen and oxygen atoms in total. The normalized spacial score (nSPS) is 10.5. The Morgan fingerprint density at radius 3 is 2.70 bits per heavy atom. The molecule has 2 rings (SSSR count). The monoisotopic (exact) mass is 331 g/mol. The highest BCUT2D eigenvalue weighted by molar-refractivity contribution is 6.39. The van der Waals surface area contributed by atoms with Crippen LogP contribution >= 0.6 is 11.6 Å². The lowest BCUT2D eigenvalue weighted by atomic mass is 10.2. The number of phenolic OH excluding ortho intramolecular Hbond substituents is 1. The molecule has 23 heavy (non-hydrogen) atoms. The van der Waals surface area contributed by atoms with E-state index in [4.69, 9.17) is 11.6 Å². The van der Waals surface area contributed by atoms with Crippen molar-refractivity contribution < 1.29 is 14.7 Å². The van der Waals surface area contributed by atoms with Gasteiger partial charge in [-0.15, -0.1) is 0 Å². The Kier molecular flexibility index (Phi) is 5.32. The predicted octanol–water partition coefficient (Wildman–Crippen LogP) is 2.44. The SMILES string of the molecule is Cc1cccc(NC(=O)C(=O)NN=Cc2cc(Cl)ccc2O)c1. The van der Waals surface area contributed by atoms with Crippen LogP contribution in [0.1, 0.15) is 11.1 Å². The van der Waals surface area contributed by atoms with Crippen LogP contribution in [0.25, 0.3) is 0 Å². The van der Waals surface area contributed by atoms with E-state index in [9.17, 15) is 14.7 Å². The first-order valence-corrected chi connectivity index (χ1v) is 7.03. The fraction of sp³-hybridized carbons (Fsp3) is 0.0625. The average Bonchev–Trinajstić information content (AvgIpc) is 2.50. The molecule has 0 saturated carbocycles. The van der Waals surface area contributed by atoms with Gasteiger partial charge >= 0.3 is 11.8 Å². The molecule has 0 unspecified atom stereocenters. The van der Waals surface area contributed by atoms with Crippen LogP contribution in [0.4, 0.5) is 5.69 Å². The van der Waals surface area contributed by atoms with Gasteiger partial charge in [-0.3, -0.25) is 9.59 Å². The van der Waals surface area contributed by atoms with Crippen molar-refractivity contribution in [2.45, 2.75) is 6.92 Å². The van der Waals surface area contributed by atoms with Crippen molar-refractivity contribution in [2.75, 3.05) is 5.32 Å². The van der Waals surface area contributed by atoms with Gasteiger partial charge in [0.25, 0.3) is 0 Å². The van der Waals surface area contributed by atoms with Crippen molar-refractivity contribution in [3.05, 3.63) is 58.6 Å². The quantitative estimate of drug-likeness (QED) is 0.458. The zero-order valence-electron chi connectivity index (χ0n) is 12.2. The minimum atomic E-state index is -0.927. The number of nitrogens with zero attached hydrogens (tertiary/aromatic N) is 1. The first-order valence-electron chi connectivity index (χ1n) is 6.65. The number of aryl methyl sites for hydroxylation is 1. The number of amides is 2. The summed E-state index contributed by atoms with van der Waals surface area (Å²) in [6, 6.07) is 11.4. The second-order valence-electron chi connectivity index (χ2n) is 4.73. The third kappa shape index (κ3) is 4.82. The second-order valence-corrected chi connectivity index (χ2v) is 5.16. The lowest BCUT2D eigenvalue weighted by Gasteiger charge is -2.04. The molecule has 0 saturated heterocycles. The first kappa shape index (κ1) is 16.5. The number of benzene rings is 2. The number of rotatable bonds is 3. The fourth-order valence-electron chi connectivity index (χ4n) is 1.75. The van der Waals surface area contributed by atoms with Gasteiger partial charge in [0.15, 0.2) is 0 Å². The maximum Gasteiger partial charge on any atom is 0.329 e. The molecule has 0 aliphatic rings. The highest BCUT2D eigenvalue weighted by Gasteiger charge is 2.12. The molecule has 0 radical (unpaired) electrons. The van der Waals surface area contributed by atoms with Crippen molar-refractivity contribution in [3.63, 3.8) is 0 Å².